The number of ether oxygens (including phenoxy) is 1. The lowest BCUT2D eigenvalue weighted by Gasteiger charge is -2.08. The first-order valence-corrected chi connectivity index (χ1v) is 6.90. The molecule has 0 bridgehead atoms. The molecule has 0 atom stereocenters. The summed E-state index contributed by atoms with van der Waals surface area (Å²) in [5, 5.41) is 4.79. The number of nitrogens with zero attached hydrogens (tertiary/aromatic N) is 1. The van der Waals surface area contributed by atoms with E-state index in [0.717, 1.165) is 18.7 Å². The lowest BCUT2D eigenvalue weighted by molar-refractivity contribution is 0.415. The number of benzene rings is 1. The van der Waals surface area contributed by atoms with Gasteiger partial charge < -0.3 is 14.6 Å². The Labute approximate surface area is 115 Å². The third kappa shape index (κ3) is 2.76. The number of nitrogens with one attached hydrogen (secondary N) is 1. The average Bonchev–Trinajstić information content (AvgIpc) is 2.63. The van der Waals surface area contributed by atoms with Crippen LogP contribution >= 0.6 is 0 Å². The first kappa shape index (κ1) is 13.9. The second-order valence-electron chi connectivity index (χ2n) is 5.36. The van der Waals surface area contributed by atoms with Gasteiger partial charge in [-0.25, -0.2) is 0 Å². The molecular weight excluding hydrogens is 236 g/mol. The van der Waals surface area contributed by atoms with Gasteiger partial charge in [-0.05, 0) is 43.7 Å². The molecule has 0 saturated carbocycles. The largest absolute Gasteiger partial charge is 0.497 e. The molecule has 3 nitrogen and oxygen atoms in total. The number of rotatable bonds is 5. The Morgan fingerprint density at radius 1 is 1.32 bits per heavy atom. The average molecular weight is 260 g/mol. The smallest absolute Gasteiger partial charge is 0.119 e. The monoisotopic (exact) mass is 260 g/mol. The van der Waals surface area contributed by atoms with Gasteiger partial charge in [-0.2, -0.15) is 0 Å². The van der Waals surface area contributed by atoms with Crippen molar-refractivity contribution in [2.75, 3.05) is 13.7 Å². The maximum absolute atomic E-state index is 5.34. The van der Waals surface area contributed by atoms with Crippen LogP contribution in [-0.4, -0.2) is 24.3 Å². The van der Waals surface area contributed by atoms with Crippen LogP contribution in [0.15, 0.2) is 18.2 Å². The summed E-state index contributed by atoms with van der Waals surface area (Å²) in [6, 6.07) is 6.84. The van der Waals surface area contributed by atoms with Crippen LogP contribution in [-0.2, 0) is 13.5 Å². The van der Waals surface area contributed by atoms with Gasteiger partial charge in [0.1, 0.15) is 5.75 Å². The van der Waals surface area contributed by atoms with Crippen molar-refractivity contribution in [2.24, 2.45) is 7.05 Å². The summed E-state index contributed by atoms with van der Waals surface area (Å²) in [5.41, 5.74) is 4.04. The van der Waals surface area contributed by atoms with Crippen molar-refractivity contribution < 1.29 is 4.74 Å². The SMILES string of the molecule is COc1ccc2c(c1)c(CCNC(C)C)c(C)n2C. The molecule has 3 heteroatoms. The second kappa shape index (κ2) is 5.66. The number of hydrogen-bond acceptors (Lipinski definition) is 2. The molecule has 0 saturated heterocycles. The number of hydrogen-bond donors (Lipinski definition) is 1. The van der Waals surface area contributed by atoms with Crippen LogP contribution in [0.1, 0.15) is 25.1 Å². The number of aryl methyl sites for hydroxylation is 1. The minimum Gasteiger partial charge on any atom is -0.497 e. The molecule has 0 amide bonds. The Bertz CT molecular complexity index is 570. The molecule has 0 aliphatic carbocycles. The Balaban J connectivity index is 2.37. The molecule has 1 N–H and O–H groups in total. The lowest BCUT2D eigenvalue weighted by atomic mass is 10.1. The normalized spacial score (nSPS) is 11.5. The van der Waals surface area contributed by atoms with Crippen LogP contribution in [0.4, 0.5) is 0 Å². The summed E-state index contributed by atoms with van der Waals surface area (Å²) in [6.07, 6.45) is 1.05. The highest BCUT2D eigenvalue weighted by Gasteiger charge is 2.12. The van der Waals surface area contributed by atoms with E-state index < -0.39 is 0 Å². The summed E-state index contributed by atoms with van der Waals surface area (Å²) in [7, 11) is 3.85. The molecule has 0 unspecified atom stereocenters. The van der Waals surface area contributed by atoms with Crippen molar-refractivity contribution >= 4 is 10.9 Å². The van der Waals surface area contributed by atoms with Gasteiger partial charge >= 0.3 is 0 Å². The molecule has 0 spiro atoms. The molecule has 104 valence electrons. The van der Waals surface area contributed by atoms with E-state index in [1.54, 1.807) is 7.11 Å². The first-order chi connectivity index (χ1) is 9.04. The topological polar surface area (TPSA) is 26.2 Å². The highest BCUT2D eigenvalue weighted by Crippen LogP contribution is 2.28. The van der Waals surface area contributed by atoms with Crippen LogP contribution in [0.3, 0.4) is 0 Å². The predicted octanol–water partition coefficient (Wildman–Crippen LogP) is 3.04. The van der Waals surface area contributed by atoms with Crippen molar-refractivity contribution in [3.05, 3.63) is 29.5 Å². The maximum Gasteiger partial charge on any atom is 0.119 e. The van der Waals surface area contributed by atoms with E-state index in [1.165, 1.54) is 22.2 Å². The van der Waals surface area contributed by atoms with Crippen molar-refractivity contribution in [2.45, 2.75) is 33.2 Å². The van der Waals surface area contributed by atoms with Gasteiger partial charge in [0.05, 0.1) is 7.11 Å². The van der Waals surface area contributed by atoms with E-state index in [1.807, 2.05) is 6.07 Å². The molecule has 2 aromatic rings. The minimum absolute atomic E-state index is 0.532. The van der Waals surface area contributed by atoms with Crippen LogP contribution in [0.25, 0.3) is 10.9 Å². The standard InChI is InChI=1S/C16H24N2O/c1-11(2)17-9-8-14-12(3)18(4)16-7-6-13(19-5)10-15(14)16/h6-7,10-11,17H,8-9H2,1-5H3. The molecular formula is C16H24N2O. The van der Waals surface area contributed by atoms with E-state index in [0.29, 0.717) is 6.04 Å². The van der Waals surface area contributed by atoms with E-state index in [2.05, 4.69) is 49.8 Å². The van der Waals surface area contributed by atoms with Gasteiger partial charge in [0.25, 0.3) is 0 Å². The molecule has 1 heterocycles. The quantitative estimate of drug-likeness (QED) is 0.894. The fraction of sp³-hybridized carbons (Fsp3) is 0.500. The minimum atomic E-state index is 0.532. The van der Waals surface area contributed by atoms with Crippen LogP contribution < -0.4 is 10.1 Å². The van der Waals surface area contributed by atoms with Gasteiger partial charge in [-0.15, -0.1) is 0 Å². The number of aromatic nitrogens is 1. The van der Waals surface area contributed by atoms with Crippen LogP contribution in [0.2, 0.25) is 0 Å². The highest BCUT2D eigenvalue weighted by atomic mass is 16.5. The molecule has 1 aromatic heterocycles. The van der Waals surface area contributed by atoms with E-state index >= 15 is 0 Å². The van der Waals surface area contributed by atoms with Crippen molar-refractivity contribution in [3.63, 3.8) is 0 Å². The zero-order valence-corrected chi connectivity index (χ0v) is 12.6. The Morgan fingerprint density at radius 2 is 2.05 bits per heavy atom. The van der Waals surface area contributed by atoms with Gasteiger partial charge in [-0.3, -0.25) is 0 Å². The fourth-order valence-corrected chi connectivity index (χ4v) is 2.56. The Kier molecular flexibility index (Phi) is 4.15. The van der Waals surface area contributed by atoms with Crippen molar-refractivity contribution in [3.8, 4) is 5.75 Å². The second-order valence-corrected chi connectivity index (χ2v) is 5.36. The van der Waals surface area contributed by atoms with Crippen LogP contribution in [0, 0.1) is 6.92 Å². The summed E-state index contributed by atoms with van der Waals surface area (Å²) in [4.78, 5) is 0. The highest BCUT2D eigenvalue weighted by molar-refractivity contribution is 5.86. The lowest BCUT2D eigenvalue weighted by Crippen LogP contribution is -2.25. The van der Waals surface area contributed by atoms with E-state index in [4.69, 9.17) is 4.74 Å². The first-order valence-electron chi connectivity index (χ1n) is 6.90. The zero-order chi connectivity index (χ0) is 14.0. The van der Waals surface area contributed by atoms with Crippen molar-refractivity contribution in [1.29, 1.82) is 0 Å². The van der Waals surface area contributed by atoms with Gasteiger partial charge in [-0.1, -0.05) is 13.8 Å². The molecule has 0 aliphatic rings. The summed E-state index contributed by atoms with van der Waals surface area (Å²) in [6.45, 7) is 7.56. The molecule has 0 fully saturated rings. The fourth-order valence-electron chi connectivity index (χ4n) is 2.56. The third-order valence-electron chi connectivity index (χ3n) is 3.76. The van der Waals surface area contributed by atoms with E-state index in [-0.39, 0.29) is 0 Å². The number of methoxy groups -OCH3 is 1. The Morgan fingerprint density at radius 3 is 2.68 bits per heavy atom. The maximum atomic E-state index is 5.34. The summed E-state index contributed by atoms with van der Waals surface area (Å²) in [5.74, 6) is 0.927. The zero-order valence-electron chi connectivity index (χ0n) is 12.6. The van der Waals surface area contributed by atoms with Gasteiger partial charge in [0, 0.05) is 29.7 Å². The van der Waals surface area contributed by atoms with Crippen molar-refractivity contribution in [1.82, 2.24) is 9.88 Å². The number of fused-ring (bicyclic) bond motifs is 1. The predicted molar refractivity (Wildman–Crippen MR) is 81.1 cm³/mol. The molecule has 2 rings (SSSR count). The van der Waals surface area contributed by atoms with Gasteiger partial charge in [0.2, 0.25) is 0 Å². The molecule has 0 aliphatic heterocycles. The summed E-state index contributed by atoms with van der Waals surface area (Å²) < 4.78 is 7.61. The molecule has 1 aromatic carbocycles. The third-order valence-corrected chi connectivity index (χ3v) is 3.76. The summed E-state index contributed by atoms with van der Waals surface area (Å²) >= 11 is 0. The molecule has 0 radical (unpaired) electrons. The van der Waals surface area contributed by atoms with Gasteiger partial charge in [0.15, 0.2) is 0 Å². The Hall–Kier alpha value is -1.48. The van der Waals surface area contributed by atoms with Crippen LogP contribution in [0.5, 0.6) is 5.75 Å². The molecule has 19 heavy (non-hydrogen) atoms. The van der Waals surface area contributed by atoms with E-state index in [9.17, 15) is 0 Å².